The molecule has 0 amide bonds. The predicted octanol–water partition coefficient (Wildman–Crippen LogP) is 3.58. The first-order valence-corrected chi connectivity index (χ1v) is 7.37. The molecule has 0 radical (unpaired) electrons. The lowest BCUT2D eigenvalue weighted by atomic mass is 9.84. The van der Waals surface area contributed by atoms with Crippen molar-refractivity contribution in [2.75, 3.05) is 6.54 Å². The monoisotopic (exact) mass is 234 g/mol. The second kappa shape index (κ2) is 5.87. The lowest BCUT2D eigenvalue weighted by Crippen LogP contribution is -2.44. The van der Waals surface area contributed by atoms with E-state index in [1.54, 1.807) is 0 Å². The summed E-state index contributed by atoms with van der Waals surface area (Å²) in [6.07, 6.45) is 8.99. The summed E-state index contributed by atoms with van der Waals surface area (Å²) >= 11 is 0. The second-order valence-corrected chi connectivity index (χ2v) is 6.24. The van der Waals surface area contributed by atoms with Crippen LogP contribution in [0.15, 0.2) is 0 Å². The third kappa shape index (κ3) is 3.45. The molecule has 2 aliphatic rings. The van der Waals surface area contributed by atoms with Crippen LogP contribution in [0.25, 0.3) is 0 Å². The first kappa shape index (κ1) is 12.9. The summed E-state index contributed by atoms with van der Waals surface area (Å²) in [4.78, 5) is 2.69. The van der Waals surface area contributed by atoms with Gasteiger partial charge < -0.3 is 0 Å². The summed E-state index contributed by atoms with van der Waals surface area (Å²) in [6.45, 7) is 5.81. The first-order valence-electron chi connectivity index (χ1n) is 7.37. The molecule has 0 bridgehead atoms. The second-order valence-electron chi connectivity index (χ2n) is 6.24. The molecule has 0 N–H and O–H groups in total. The average molecular weight is 234 g/mol. The van der Waals surface area contributed by atoms with E-state index in [1.807, 2.05) is 0 Å². The maximum atomic E-state index is 9.31. The van der Waals surface area contributed by atoms with Crippen LogP contribution in [0.5, 0.6) is 0 Å². The van der Waals surface area contributed by atoms with E-state index < -0.39 is 0 Å². The highest BCUT2D eigenvalue weighted by atomic mass is 15.2. The lowest BCUT2D eigenvalue weighted by molar-refractivity contribution is 0.113. The molecule has 2 fully saturated rings. The van der Waals surface area contributed by atoms with Crippen molar-refractivity contribution in [2.24, 2.45) is 11.8 Å². The molecule has 0 spiro atoms. The molecule has 2 aliphatic carbocycles. The SMILES string of the molecule is CC(C)CCN(C1CC1)C1CCCCC1C#N. The molecule has 2 atom stereocenters. The van der Waals surface area contributed by atoms with Crippen LogP contribution < -0.4 is 0 Å². The van der Waals surface area contributed by atoms with Gasteiger partial charge in [0.2, 0.25) is 0 Å². The fourth-order valence-electron chi connectivity index (χ4n) is 3.09. The van der Waals surface area contributed by atoms with Gasteiger partial charge >= 0.3 is 0 Å². The van der Waals surface area contributed by atoms with Crippen LogP contribution in [0.1, 0.15) is 58.8 Å². The van der Waals surface area contributed by atoms with Crippen molar-refractivity contribution in [3.8, 4) is 6.07 Å². The predicted molar refractivity (Wildman–Crippen MR) is 70.5 cm³/mol. The van der Waals surface area contributed by atoms with Gasteiger partial charge in [0.25, 0.3) is 0 Å². The van der Waals surface area contributed by atoms with Gasteiger partial charge in [-0.05, 0) is 44.6 Å². The Morgan fingerprint density at radius 2 is 1.88 bits per heavy atom. The van der Waals surface area contributed by atoms with Gasteiger partial charge in [0.15, 0.2) is 0 Å². The Labute approximate surface area is 106 Å². The minimum Gasteiger partial charge on any atom is -0.296 e. The smallest absolute Gasteiger partial charge is 0.0672 e. The molecule has 17 heavy (non-hydrogen) atoms. The molecule has 0 aromatic heterocycles. The van der Waals surface area contributed by atoms with Crippen molar-refractivity contribution in [3.63, 3.8) is 0 Å². The summed E-state index contributed by atoms with van der Waals surface area (Å²) in [6, 6.07) is 3.95. The van der Waals surface area contributed by atoms with E-state index in [4.69, 9.17) is 0 Å². The zero-order valence-electron chi connectivity index (χ0n) is 11.4. The van der Waals surface area contributed by atoms with E-state index in [2.05, 4.69) is 24.8 Å². The van der Waals surface area contributed by atoms with Crippen molar-refractivity contribution in [3.05, 3.63) is 0 Å². The van der Waals surface area contributed by atoms with Crippen LogP contribution in [-0.2, 0) is 0 Å². The summed E-state index contributed by atoms with van der Waals surface area (Å²) < 4.78 is 0. The Balaban J connectivity index is 1.96. The summed E-state index contributed by atoms with van der Waals surface area (Å²) in [5, 5.41) is 9.31. The Morgan fingerprint density at radius 1 is 1.18 bits per heavy atom. The maximum absolute atomic E-state index is 9.31. The van der Waals surface area contributed by atoms with Gasteiger partial charge in [0.05, 0.1) is 12.0 Å². The van der Waals surface area contributed by atoms with Crippen LogP contribution in [0.3, 0.4) is 0 Å². The Kier molecular flexibility index (Phi) is 4.45. The zero-order valence-corrected chi connectivity index (χ0v) is 11.4. The lowest BCUT2D eigenvalue weighted by Gasteiger charge is -2.37. The number of hydrogen-bond acceptors (Lipinski definition) is 2. The highest BCUT2D eigenvalue weighted by molar-refractivity contribution is 4.99. The minimum atomic E-state index is 0.302. The van der Waals surface area contributed by atoms with Crippen molar-refractivity contribution >= 4 is 0 Å². The van der Waals surface area contributed by atoms with Gasteiger partial charge in [0, 0.05) is 12.1 Å². The third-order valence-corrected chi connectivity index (χ3v) is 4.30. The standard InChI is InChI=1S/C15H26N2/c1-12(2)9-10-17(14-7-8-14)15-6-4-3-5-13(15)11-16/h12-15H,3-10H2,1-2H3. The number of hydrogen-bond donors (Lipinski definition) is 0. The Morgan fingerprint density at radius 3 is 2.47 bits per heavy atom. The van der Waals surface area contributed by atoms with Gasteiger partial charge in [-0.15, -0.1) is 0 Å². The molecule has 2 saturated carbocycles. The molecule has 2 nitrogen and oxygen atoms in total. The van der Waals surface area contributed by atoms with Crippen LogP contribution in [-0.4, -0.2) is 23.5 Å². The van der Waals surface area contributed by atoms with Crippen molar-refractivity contribution in [2.45, 2.75) is 70.9 Å². The quantitative estimate of drug-likeness (QED) is 0.727. The van der Waals surface area contributed by atoms with E-state index in [0.717, 1.165) is 18.4 Å². The van der Waals surface area contributed by atoms with E-state index >= 15 is 0 Å². The fraction of sp³-hybridized carbons (Fsp3) is 0.933. The normalized spacial score (nSPS) is 29.6. The van der Waals surface area contributed by atoms with Gasteiger partial charge in [0.1, 0.15) is 0 Å². The van der Waals surface area contributed by atoms with Gasteiger partial charge in [-0.25, -0.2) is 0 Å². The van der Waals surface area contributed by atoms with Crippen LogP contribution in [0.2, 0.25) is 0 Å². The molecule has 2 unspecified atom stereocenters. The van der Waals surface area contributed by atoms with E-state index in [9.17, 15) is 5.26 Å². The molecule has 0 aromatic rings. The van der Waals surface area contributed by atoms with Crippen molar-refractivity contribution < 1.29 is 0 Å². The highest BCUT2D eigenvalue weighted by Crippen LogP contribution is 2.36. The summed E-state index contributed by atoms with van der Waals surface area (Å²) in [5.41, 5.74) is 0. The largest absolute Gasteiger partial charge is 0.296 e. The molecule has 0 aromatic carbocycles. The third-order valence-electron chi connectivity index (χ3n) is 4.30. The molecule has 0 heterocycles. The number of rotatable bonds is 5. The van der Waals surface area contributed by atoms with E-state index in [0.29, 0.717) is 12.0 Å². The Bertz CT molecular complexity index is 275. The van der Waals surface area contributed by atoms with Crippen LogP contribution >= 0.6 is 0 Å². The average Bonchev–Trinajstić information content (AvgIpc) is 3.14. The molecular formula is C15H26N2. The van der Waals surface area contributed by atoms with Crippen LogP contribution in [0.4, 0.5) is 0 Å². The van der Waals surface area contributed by atoms with E-state index in [-0.39, 0.29) is 0 Å². The molecule has 0 saturated heterocycles. The van der Waals surface area contributed by atoms with Crippen molar-refractivity contribution in [1.82, 2.24) is 4.90 Å². The number of nitrogens with zero attached hydrogens (tertiary/aromatic N) is 2. The first-order chi connectivity index (χ1) is 8.22. The molecule has 2 rings (SSSR count). The Hall–Kier alpha value is -0.550. The summed E-state index contributed by atoms with van der Waals surface area (Å²) in [5.74, 6) is 1.08. The van der Waals surface area contributed by atoms with Gasteiger partial charge in [-0.3, -0.25) is 4.90 Å². The molecule has 0 aliphatic heterocycles. The number of nitriles is 1. The topological polar surface area (TPSA) is 27.0 Å². The van der Waals surface area contributed by atoms with Gasteiger partial charge in [-0.2, -0.15) is 5.26 Å². The minimum absolute atomic E-state index is 0.302. The van der Waals surface area contributed by atoms with Crippen molar-refractivity contribution in [1.29, 1.82) is 5.26 Å². The maximum Gasteiger partial charge on any atom is 0.0672 e. The highest BCUT2D eigenvalue weighted by Gasteiger charge is 2.38. The van der Waals surface area contributed by atoms with Crippen LogP contribution in [0, 0.1) is 23.2 Å². The summed E-state index contributed by atoms with van der Waals surface area (Å²) in [7, 11) is 0. The van der Waals surface area contributed by atoms with Gasteiger partial charge in [-0.1, -0.05) is 26.7 Å². The zero-order chi connectivity index (χ0) is 12.3. The molecular weight excluding hydrogens is 208 g/mol. The molecule has 96 valence electrons. The molecule has 2 heteroatoms. The fourth-order valence-corrected chi connectivity index (χ4v) is 3.09. The van der Waals surface area contributed by atoms with E-state index in [1.165, 1.54) is 45.1 Å².